The van der Waals surface area contributed by atoms with Crippen LogP contribution in [0.1, 0.15) is 35.7 Å². The summed E-state index contributed by atoms with van der Waals surface area (Å²) in [6, 6.07) is 3.02. The van der Waals surface area contributed by atoms with E-state index in [0.717, 1.165) is 18.4 Å². The Morgan fingerprint density at radius 3 is 2.73 bits per heavy atom. The van der Waals surface area contributed by atoms with E-state index in [2.05, 4.69) is 0 Å². The molecule has 0 heterocycles. The number of carbonyl (C=O) groups excluding carboxylic acids is 1. The molecule has 1 N–H and O–H groups in total. The molecule has 15 heavy (non-hydrogen) atoms. The van der Waals surface area contributed by atoms with Gasteiger partial charge < -0.3 is 5.11 Å². The van der Waals surface area contributed by atoms with Crippen LogP contribution in [0.15, 0.2) is 12.1 Å². The molecule has 0 radical (unpaired) electrons. The van der Waals surface area contributed by atoms with Gasteiger partial charge in [0.2, 0.25) is 0 Å². The Balaban J connectivity index is 2.47. The minimum atomic E-state index is 0.0706. The number of benzene rings is 1. The topological polar surface area (TPSA) is 37.3 Å². The summed E-state index contributed by atoms with van der Waals surface area (Å²) in [5, 5.41) is 9.92. The lowest BCUT2D eigenvalue weighted by Gasteiger charge is -2.09. The van der Waals surface area contributed by atoms with Crippen LogP contribution in [0, 0.1) is 5.92 Å². The summed E-state index contributed by atoms with van der Waals surface area (Å²) in [4.78, 5) is 11.9. The number of aromatic hydroxyl groups is 1. The van der Waals surface area contributed by atoms with Gasteiger partial charge in [0.05, 0.1) is 0 Å². The van der Waals surface area contributed by atoms with Crippen molar-refractivity contribution in [1.29, 1.82) is 0 Å². The Kier molecular flexibility index (Phi) is 2.70. The summed E-state index contributed by atoms with van der Waals surface area (Å²) < 4.78 is 0. The van der Waals surface area contributed by atoms with Crippen molar-refractivity contribution >= 4 is 17.4 Å². The van der Waals surface area contributed by atoms with E-state index in [1.165, 1.54) is 12.1 Å². The number of rotatable bonds is 3. The summed E-state index contributed by atoms with van der Waals surface area (Å²) in [6.45, 7) is 1.96. The van der Waals surface area contributed by atoms with Gasteiger partial charge in [-0.1, -0.05) is 18.5 Å². The van der Waals surface area contributed by atoms with Crippen molar-refractivity contribution in [2.24, 2.45) is 5.92 Å². The van der Waals surface area contributed by atoms with Crippen molar-refractivity contribution in [3.8, 4) is 5.75 Å². The van der Waals surface area contributed by atoms with Crippen molar-refractivity contribution in [2.45, 2.75) is 26.2 Å². The zero-order valence-electron chi connectivity index (χ0n) is 8.59. The van der Waals surface area contributed by atoms with Crippen molar-refractivity contribution in [3.63, 3.8) is 0 Å². The Morgan fingerprint density at radius 2 is 2.20 bits per heavy atom. The van der Waals surface area contributed by atoms with Crippen LogP contribution in [0.25, 0.3) is 0 Å². The van der Waals surface area contributed by atoms with Crippen LogP contribution >= 0.6 is 11.6 Å². The fourth-order valence-electron chi connectivity index (χ4n) is 1.77. The molecular weight excluding hydrogens is 212 g/mol. The summed E-state index contributed by atoms with van der Waals surface area (Å²) in [6.07, 6.45) is 2.65. The van der Waals surface area contributed by atoms with Crippen LogP contribution in [0.4, 0.5) is 0 Å². The van der Waals surface area contributed by atoms with Crippen LogP contribution in [0.3, 0.4) is 0 Å². The first-order chi connectivity index (χ1) is 7.13. The van der Waals surface area contributed by atoms with Gasteiger partial charge in [0, 0.05) is 16.5 Å². The maximum Gasteiger partial charge on any atom is 0.166 e. The van der Waals surface area contributed by atoms with E-state index in [1.54, 1.807) is 0 Å². The zero-order valence-corrected chi connectivity index (χ0v) is 9.34. The molecule has 1 aromatic rings. The first-order valence-electron chi connectivity index (χ1n) is 5.19. The molecular formula is C12H13ClO2. The Hall–Kier alpha value is -1.02. The average molecular weight is 225 g/mol. The molecule has 0 unspecified atom stereocenters. The van der Waals surface area contributed by atoms with Crippen LogP contribution in [0.5, 0.6) is 5.75 Å². The third kappa shape index (κ3) is 2.00. The molecule has 0 atom stereocenters. The Bertz CT molecular complexity index is 408. The van der Waals surface area contributed by atoms with Gasteiger partial charge >= 0.3 is 0 Å². The standard InChI is InChI=1S/C12H13ClO2/c1-2-9-10(12(15)7-3-4-7)5-8(14)6-11(9)13/h5-7,14H,2-4H2,1H3. The highest BCUT2D eigenvalue weighted by Gasteiger charge is 2.32. The molecule has 0 aliphatic heterocycles. The quantitative estimate of drug-likeness (QED) is 0.801. The van der Waals surface area contributed by atoms with Gasteiger partial charge in [-0.3, -0.25) is 4.79 Å². The second kappa shape index (κ2) is 3.86. The van der Waals surface area contributed by atoms with Gasteiger partial charge in [0.1, 0.15) is 5.75 Å². The SMILES string of the molecule is CCc1c(Cl)cc(O)cc1C(=O)C1CC1. The van der Waals surface area contributed by atoms with Crippen LogP contribution < -0.4 is 0 Å². The van der Waals surface area contributed by atoms with E-state index < -0.39 is 0 Å². The highest BCUT2D eigenvalue weighted by molar-refractivity contribution is 6.32. The highest BCUT2D eigenvalue weighted by Crippen LogP contribution is 2.36. The molecule has 0 amide bonds. The Labute approximate surface area is 93.9 Å². The van der Waals surface area contributed by atoms with Crippen molar-refractivity contribution in [3.05, 3.63) is 28.3 Å². The third-order valence-electron chi connectivity index (χ3n) is 2.75. The largest absolute Gasteiger partial charge is 0.508 e. The molecule has 80 valence electrons. The Morgan fingerprint density at radius 1 is 1.53 bits per heavy atom. The lowest BCUT2D eigenvalue weighted by molar-refractivity contribution is 0.0966. The van der Waals surface area contributed by atoms with Gasteiger partial charge in [0.15, 0.2) is 5.78 Å². The van der Waals surface area contributed by atoms with E-state index in [9.17, 15) is 9.90 Å². The molecule has 2 nitrogen and oxygen atoms in total. The number of hydrogen-bond acceptors (Lipinski definition) is 2. The van der Waals surface area contributed by atoms with Gasteiger partial charge in [-0.25, -0.2) is 0 Å². The number of phenols is 1. The van der Waals surface area contributed by atoms with Crippen LogP contribution in [-0.2, 0) is 6.42 Å². The maximum absolute atomic E-state index is 11.9. The first kappa shape index (κ1) is 10.5. The summed E-state index contributed by atoms with van der Waals surface area (Å²) in [7, 11) is 0. The van der Waals surface area contributed by atoms with E-state index in [4.69, 9.17) is 11.6 Å². The normalized spacial score (nSPS) is 15.3. The minimum absolute atomic E-state index is 0.0706. The molecule has 0 aromatic heterocycles. The molecule has 0 saturated heterocycles. The molecule has 1 fully saturated rings. The number of halogens is 1. The highest BCUT2D eigenvalue weighted by atomic mass is 35.5. The molecule has 1 aliphatic carbocycles. The van der Waals surface area contributed by atoms with Gasteiger partial charge in [0.25, 0.3) is 0 Å². The van der Waals surface area contributed by atoms with Crippen LogP contribution in [-0.4, -0.2) is 10.9 Å². The van der Waals surface area contributed by atoms with E-state index in [1.807, 2.05) is 6.92 Å². The van der Waals surface area contributed by atoms with Crippen molar-refractivity contribution < 1.29 is 9.90 Å². The number of hydrogen-bond donors (Lipinski definition) is 1. The fourth-order valence-corrected chi connectivity index (χ4v) is 2.11. The average Bonchev–Trinajstić information content (AvgIpc) is 2.98. The van der Waals surface area contributed by atoms with Crippen LogP contribution in [0.2, 0.25) is 5.02 Å². The number of carbonyl (C=O) groups is 1. The molecule has 1 aromatic carbocycles. The number of ketones is 1. The molecule has 3 heteroatoms. The zero-order chi connectivity index (χ0) is 11.0. The minimum Gasteiger partial charge on any atom is -0.508 e. The molecule has 1 aliphatic rings. The lowest BCUT2D eigenvalue weighted by atomic mass is 9.98. The monoisotopic (exact) mass is 224 g/mol. The summed E-state index contributed by atoms with van der Waals surface area (Å²) in [5.41, 5.74) is 1.45. The third-order valence-corrected chi connectivity index (χ3v) is 3.08. The predicted octanol–water partition coefficient (Wildman–Crippen LogP) is 3.20. The van der Waals surface area contributed by atoms with Gasteiger partial charge in [-0.05, 0) is 37.0 Å². The molecule has 0 bridgehead atoms. The smallest absolute Gasteiger partial charge is 0.166 e. The van der Waals surface area contributed by atoms with Gasteiger partial charge in [-0.2, -0.15) is 0 Å². The van der Waals surface area contributed by atoms with E-state index in [0.29, 0.717) is 17.0 Å². The lowest BCUT2D eigenvalue weighted by Crippen LogP contribution is -2.05. The van der Waals surface area contributed by atoms with E-state index in [-0.39, 0.29) is 17.5 Å². The van der Waals surface area contributed by atoms with E-state index >= 15 is 0 Å². The molecule has 1 saturated carbocycles. The fraction of sp³-hybridized carbons (Fsp3) is 0.417. The maximum atomic E-state index is 11.9. The summed E-state index contributed by atoms with van der Waals surface area (Å²) >= 11 is 5.99. The van der Waals surface area contributed by atoms with Crippen molar-refractivity contribution in [1.82, 2.24) is 0 Å². The second-order valence-electron chi connectivity index (χ2n) is 3.95. The summed E-state index contributed by atoms with van der Waals surface area (Å²) in [5.74, 6) is 0.360. The predicted molar refractivity (Wildman–Crippen MR) is 59.5 cm³/mol. The first-order valence-corrected chi connectivity index (χ1v) is 5.57. The second-order valence-corrected chi connectivity index (χ2v) is 4.35. The van der Waals surface area contributed by atoms with Crippen molar-refractivity contribution in [2.75, 3.05) is 0 Å². The molecule has 2 rings (SSSR count). The molecule has 0 spiro atoms. The number of Topliss-reactive ketones (excluding diaryl/α,β-unsaturated/α-hetero) is 1. The van der Waals surface area contributed by atoms with Gasteiger partial charge in [-0.15, -0.1) is 0 Å². The number of phenolic OH excluding ortho intramolecular Hbond substituents is 1.